The van der Waals surface area contributed by atoms with Crippen LogP contribution in [0.15, 0.2) is 77.7 Å². The number of aromatic hydroxyl groups is 1. The van der Waals surface area contributed by atoms with Crippen LogP contribution in [0.1, 0.15) is 29.2 Å². The van der Waals surface area contributed by atoms with Gasteiger partial charge in [0.25, 0.3) is 11.8 Å². The quantitative estimate of drug-likeness (QED) is 0.240. The lowest BCUT2D eigenvalue weighted by Crippen LogP contribution is -2.60. The van der Waals surface area contributed by atoms with Crippen LogP contribution in [0.4, 0.5) is 10.1 Å². The minimum atomic E-state index is -2.09. The summed E-state index contributed by atoms with van der Waals surface area (Å²) in [6.07, 6.45) is 1.88. The number of rotatable bonds is 4. The van der Waals surface area contributed by atoms with Crippen LogP contribution in [0, 0.1) is 23.6 Å². The van der Waals surface area contributed by atoms with Crippen molar-refractivity contribution >= 4 is 63.9 Å². The second-order valence-electron chi connectivity index (χ2n) is 11.2. The molecule has 4 aliphatic rings. The average Bonchev–Trinajstić information content (AvgIpc) is 3.61. The first-order chi connectivity index (χ1) is 20.1. The Kier molecular flexibility index (Phi) is 6.17. The summed E-state index contributed by atoms with van der Waals surface area (Å²) in [6, 6.07) is 14.9. The van der Waals surface area contributed by atoms with Crippen LogP contribution in [-0.4, -0.2) is 43.4 Å². The Bertz CT molecular complexity index is 1700. The first-order valence-corrected chi connectivity index (χ1v) is 15.1. The Balaban J connectivity index is 1.38. The SMILES string of the molecule is O=C1[C@H]2[C@H](CC=C3[C@H]2C[C@@]2(Cl)C(=O)N(c4ccc(F)cc4)C(=O)[C@@]2(Cl)[C@H]3c2ccccc2O)C(=O)N1Cc1cccs1. The van der Waals surface area contributed by atoms with Crippen LogP contribution in [0.25, 0.3) is 0 Å². The zero-order valence-electron chi connectivity index (χ0n) is 21.9. The predicted molar refractivity (Wildman–Crippen MR) is 155 cm³/mol. The number of thiophene rings is 1. The van der Waals surface area contributed by atoms with Crippen LogP contribution in [0.2, 0.25) is 0 Å². The Labute approximate surface area is 254 Å². The van der Waals surface area contributed by atoms with Crippen molar-refractivity contribution in [3.05, 3.63) is 94.0 Å². The summed E-state index contributed by atoms with van der Waals surface area (Å²) >= 11 is 16.0. The van der Waals surface area contributed by atoms with Crippen molar-refractivity contribution in [3.8, 4) is 5.75 Å². The molecule has 3 aromatic rings. The van der Waals surface area contributed by atoms with Gasteiger partial charge in [0.2, 0.25) is 11.8 Å². The summed E-state index contributed by atoms with van der Waals surface area (Å²) in [4.78, 5) is 54.8. The van der Waals surface area contributed by atoms with Gasteiger partial charge in [-0.25, -0.2) is 9.29 Å². The lowest BCUT2D eigenvalue weighted by molar-refractivity contribution is -0.141. The molecule has 7 rings (SSSR count). The highest BCUT2D eigenvalue weighted by molar-refractivity contribution is 7.09. The minimum absolute atomic E-state index is 0.0981. The van der Waals surface area contributed by atoms with E-state index in [-0.39, 0.29) is 48.2 Å². The molecule has 3 heterocycles. The second-order valence-corrected chi connectivity index (χ2v) is 13.4. The summed E-state index contributed by atoms with van der Waals surface area (Å²) in [5, 5.41) is 12.9. The number of hydrogen-bond donors (Lipinski definition) is 1. The zero-order chi connectivity index (χ0) is 29.6. The molecule has 2 aliphatic carbocycles. The van der Waals surface area contributed by atoms with Crippen molar-refractivity contribution in [2.24, 2.45) is 17.8 Å². The number of phenols is 1. The number of allylic oxidation sites excluding steroid dienone is 2. The maximum Gasteiger partial charge on any atom is 0.258 e. The summed E-state index contributed by atoms with van der Waals surface area (Å²) in [6.45, 7) is 0.147. The van der Waals surface area contributed by atoms with Gasteiger partial charge in [0.1, 0.15) is 11.6 Å². The number of likely N-dealkylation sites (tertiary alicyclic amines) is 1. The van der Waals surface area contributed by atoms with Gasteiger partial charge in [-0.05, 0) is 60.5 Å². The van der Waals surface area contributed by atoms with Gasteiger partial charge in [-0.15, -0.1) is 34.5 Å². The lowest BCUT2D eigenvalue weighted by atomic mass is 9.56. The molecule has 0 unspecified atom stereocenters. The van der Waals surface area contributed by atoms with Gasteiger partial charge in [-0.3, -0.25) is 24.1 Å². The Morgan fingerprint density at radius 1 is 0.929 bits per heavy atom. The number of nitrogens with zero attached hydrogens (tertiary/aromatic N) is 2. The monoisotopic (exact) mass is 624 g/mol. The van der Waals surface area contributed by atoms with Crippen LogP contribution < -0.4 is 4.90 Å². The molecule has 1 aromatic heterocycles. The molecule has 4 amide bonds. The molecule has 1 N–H and O–H groups in total. The first kappa shape index (κ1) is 27.3. The molecule has 11 heteroatoms. The van der Waals surface area contributed by atoms with E-state index >= 15 is 0 Å². The van der Waals surface area contributed by atoms with Gasteiger partial charge >= 0.3 is 0 Å². The lowest BCUT2D eigenvalue weighted by Gasteiger charge is -2.50. The topological polar surface area (TPSA) is 95.0 Å². The Morgan fingerprint density at radius 3 is 2.36 bits per heavy atom. The number of carbonyl (C=O) groups is 4. The van der Waals surface area contributed by atoms with E-state index in [0.717, 1.165) is 21.9 Å². The normalized spacial score (nSPS) is 32.1. The van der Waals surface area contributed by atoms with Crippen molar-refractivity contribution in [2.45, 2.75) is 35.1 Å². The van der Waals surface area contributed by atoms with Gasteiger partial charge in [0.15, 0.2) is 9.75 Å². The van der Waals surface area contributed by atoms with Crippen LogP contribution >= 0.6 is 34.5 Å². The molecular formula is C31H23Cl2FN2O5S. The summed E-state index contributed by atoms with van der Waals surface area (Å²) in [5.74, 6) is -6.23. The molecule has 1 saturated carbocycles. The standard InChI is InChI=1S/C31H23Cl2FN2O5S/c32-30-14-22-19(11-12-21-24(22)27(39)35(26(21)38)15-18-4-3-13-42-18)25(20-5-1-2-6-23(20)37)31(30,33)29(41)36(28(30)40)17-9-7-16(34)8-10-17/h1-11,13,21-22,24-25,37H,12,14-15H2/t21-,22+,24-,25+,30+,31-/m0/s1. The van der Waals surface area contributed by atoms with Gasteiger partial charge in [0.05, 0.1) is 24.1 Å². The molecule has 0 spiro atoms. The highest BCUT2D eigenvalue weighted by Crippen LogP contribution is 2.66. The third-order valence-electron chi connectivity index (χ3n) is 9.13. The first-order valence-electron chi connectivity index (χ1n) is 13.5. The molecule has 214 valence electrons. The fraction of sp³-hybridized carbons (Fsp3) is 0.290. The van der Waals surface area contributed by atoms with Crippen LogP contribution in [0.5, 0.6) is 5.75 Å². The van der Waals surface area contributed by atoms with Gasteiger partial charge < -0.3 is 5.11 Å². The number of carbonyl (C=O) groups excluding carboxylic acids is 4. The van der Waals surface area contributed by atoms with E-state index < -0.39 is 51.1 Å². The van der Waals surface area contributed by atoms with E-state index in [2.05, 4.69) is 0 Å². The maximum absolute atomic E-state index is 14.3. The smallest absolute Gasteiger partial charge is 0.258 e. The van der Waals surface area contributed by atoms with E-state index in [9.17, 15) is 28.7 Å². The molecular weight excluding hydrogens is 602 g/mol. The largest absolute Gasteiger partial charge is 0.508 e. The van der Waals surface area contributed by atoms with Crippen molar-refractivity contribution in [2.75, 3.05) is 4.90 Å². The van der Waals surface area contributed by atoms with Crippen LogP contribution in [-0.2, 0) is 25.7 Å². The summed E-state index contributed by atoms with van der Waals surface area (Å²) < 4.78 is 13.7. The van der Waals surface area contributed by atoms with E-state index in [1.54, 1.807) is 18.2 Å². The highest BCUT2D eigenvalue weighted by Gasteiger charge is 2.76. The number of amides is 4. The van der Waals surface area contributed by atoms with Crippen molar-refractivity contribution in [3.63, 3.8) is 0 Å². The highest BCUT2D eigenvalue weighted by atomic mass is 35.5. The number of benzene rings is 2. The molecule has 7 nitrogen and oxygen atoms in total. The molecule has 42 heavy (non-hydrogen) atoms. The predicted octanol–water partition coefficient (Wildman–Crippen LogP) is 5.36. The summed E-state index contributed by atoms with van der Waals surface area (Å²) in [5.41, 5.74) is 0.965. The maximum atomic E-state index is 14.3. The fourth-order valence-electron chi connectivity index (χ4n) is 7.26. The third-order valence-corrected chi connectivity index (χ3v) is 11.4. The van der Waals surface area contributed by atoms with Gasteiger partial charge in [-0.2, -0.15) is 0 Å². The van der Waals surface area contributed by atoms with Crippen molar-refractivity contribution in [1.82, 2.24) is 4.90 Å². The van der Waals surface area contributed by atoms with Gasteiger partial charge in [-0.1, -0.05) is 35.9 Å². The van der Waals surface area contributed by atoms with E-state index in [4.69, 9.17) is 23.2 Å². The average molecular weight is 626 g/mol. The van der Waals surface area contributed by atoms with E-state index in [1.165, 1.54) is 34.4 Å². The molecule has 0 bridgehead atoms. The van der Waals surface area contributed by atoms with Crippen molar-refractivity contribution in [1.29, 1.82) is 0 Å². The fourth-order valence-corrected chi connectivity index (χ4v) is 8.87. The Hall–Kier alpha value is -3.53. The molecule has 6 atom stereocenters. The van der Waals surface area contributed by atoms with E-state index in [0.29, 0.717) is 5.57 Å². The number of phenolic OH excluding ortho intramolecular Hbond substituents is 1. The number of alkyl halides is 2. The number of fused-ring (bicyclic) bond motifs is 4. The zero-order valence-corrected chi connectivity index (χ0v) is 24.2. The third kappa shape index (κ3) is 3.56. The molecule has 0 radical (unpaired) electrons. The molecule has 2 aromatic carbocycles. The number of imide groups is 2. The minimum Gasteiger partial charge on any atom is -0.508 e. The van der Waals surface area contributed by atoms with Gasteiger partial charge in [0, 0.05) is 16.4 Å². The molecule has 2 aliphatic heterocycles. The number of anilines is 1. The number of halogens is 3. The van der Waals surface area contributed by atoms with Crippen molar-refractivity contribution < 1.29 is 28.7 Å². The van der Waals surface area contributed by atoms with E-state index in [1.807, 2.05) is 23.6 Å². The number of hydrogen-bond acceptors (Lipinski definition) is 6. The summed E-state index contributed by atoms with van der Waals surface area (Å²) in [7, 11) is 0. The Morgan fingerprint density at radius 2 is 1.67 bits per heavy atom. The second kappa shape index (κ2) is 9.49. The molecule has 2 saturated heterocycles. The van der Waals surface area contributed by atoms with Crippen LogP contribution in [0.3, 0.4) is 0 Å². The number of para-hydroxylation sites is 1. The molecule has 3 fully saturated rings.